The lowest BCUT2D eigenvalue weighted by Gasteiger charge is -2.17. The molecule has 0 saturated carbocycles. The smallest absolute Gasteiger partial charge is 0.373 e. The van der Waals surface area contributed by atoms with Crippen molar-refractivity contribution in [3.63, 3.8) is 0 Å². The van der Waals surface area contributed by atoms with Crippen LogP contribution in [0.15, 0.2) is 11.3 Å². The van der Waals surface area contributed by atoms with Gasteiger partial charge >= 0.3 is 11.9 Å². The van der Waals surface area contributed by atoms with Crippen LogP contribution in [0.25, 0.3) is 0 Å². The number of carbonyl (C=O) groups excluding carboxylic acids is 2. The van der Waals surface area contributed by atoms with Gasteiger partial charge in [-0.25, -0.2) is 9.59 Å². The molecule has 5 nitrogen and oxygen atoms in total. The van der Waals surface area contributed by atoms with E-state index in [1.807, 2.05) is 0 Å². The molecule has 1 aliphatic rings. The van der Waals surface area contributed by atoms with Gasteiger partial charge in [0.05, 0.1) is 26.4 Å². The summed E-state index contributed by atoms with van der Waals surface area (Å²) in [5.74, 6) is -1.19. The van der Waals surface area contributed by atoms with Gasteiger partial charge in [0.2, 0.25) is 5.76 Å². The van der Waals surface area contributed by atoms with Crippen molar-refractivity contribution in [1.29, 1.82) is 0 Å². The van der Waals surface area contributed by atoms with Crippen LogP contribution in [0.2, 0.25) is 0 Å². The van der Waals surface area contributed by atoms with E-state index in [4.69, 9.17) is 4.74 Å². The Balaban J connectivity index is 2.96. The molecule has 78 valence electrons. The first-order valence-electron chi connectivity index (χ1n) is 4.23. The Morgan fingerprint density at radius 1 is 1.21 bits per heavy atom. The van der Waals surface area contributed by atoms with Gasteiger partial charge < -0.3 is 14.2 Å². The zero-order valence-corrected chi connectivity index (χ0v) is 8.16. The highest BCUT2D eigenvalue weighted by atomic mass is 16.6. The molecule has 1 heterocycles. The number of rotatable bonds is 2. The molecule has 0 amide bonds. The highest BCUT2D eigenvalue weighted by Gasteiger charge is 2.26. The molecule has 0 N–H and O–H groups in total. The zero-order chi connectivity index (χ0) is 10.6. The fraction of sp³-hybridized carbons (Fsp3) is 0.556. The highest BCUT2D eigenvalue weighted by molar-refractivity contribution is 5.99. The largest absolute Gasteiger partial charge is 0.486 e. The van der Waals surface area contributed by atoms with E-state index in [1.165, 1.54) is 14.2 Å². The molecule has 0 spiro atoms. The molecule has 0 aromatic heterocycles. The maximum Gasteiger partial charge on any atom is 0.373 e. The molecule has 1 aliphatic heterocycles. The Morgan fingerprint density at radius 2 is 1.86 bits per heavy atom. The third kappa shape index (κ3) is 2.04. The van der Waals surface area contributed by atoms with Crippen molar-refractivity contribution >= 4 is 11.9 Å². The summed E-state index contributed by atoms with van der Waals surface area (Å²) in [6.45, 7) is 0.422. The van der Waals surface area contributed by atoms with Gasteiger partial charge in [0.25, 0.3) is 0 Å². The van der Waals surface area contributed by atoms with Crippen molar-refractivity contribution in [3.05, 3.63) is 11.3 Å². The first kappa shape index (κ1) is 10.6. The molecule has 0 aliphatic carbocycles. The number of carbonyl (C=O) groups is 2. The predicted octanol–water partition coefficient (Wildman–Crippen LogP) is 0.397. The summed E-state index contributed by atoms with van der Waals surface area (Å²) in [5.41, 5.74) is 0.255. The van der Waals surface area contributed by atoms with Crippen molar-refractivity contribution in [1.82, 2.24) is 0 Å². The van der Waals surface area contributed by atoms with Crippen LogP contribution in [-0.2, 0) is 23.8 Å². The number of hydrogen-bond donors (Lipinski definition) is 0. The molecule has 0 unspecified atom stereocenters. The third-order valence-corrected chi connectivity index (χ3v) is 1.89. The topological polar surface area (TPSA) is 61.8 Å². The van der Waals surface area contributed by atoms with Crippen LogP contribution in [0, 0.1) is 0 Å². The average molecular weight is 200 g/mol. The van der Waals surface area contributed by atoms with E-state index in [9.17, 15) is 9.59 Å². The van der Waals surface area contributed by atoms with Crippen LogP contribution < -0.4 is 0 Å². The van der Waals surface area contributed by atoms with Gasteiger partial charge in [-0.05, 0) is 12.8 Å². The van der Waals surface area contributed by atoms with Crippen molar-refractivity contribution < 1.29 is 23.8 Å². The quantitative estimate of drug-likeness (QED) is 0.603. The Hall–Kier alpha value is -1.52. The fourth-order valence-corrected chi connectivity index (χ4v) is 1.22. The Kier molecular flexibility index (Phi) is 3.50. The summed E-state index contributed by atoms with van der Waals surface area (Å²) in [7, 11) is 2.50. The molecule has 14 heavy (non-hydrogen) atoms. The highest BCUT2D eigenvalue weighted by Crippen LogP contribution is 2.21. The molecule has 5 heteroatoms. The van der Waals surface area contributed by atoms with Crippen LogP contribution in [0.1, 0.15) is 12.8 Å². The van der Waals surface area contributed by atoms with Gasteiger partial charge in [0.1, 0.15) is 0 Å². The van der Waals surface area contributed by atoms with E-state index in [-0.39, 0.29) is 11.3 Å². The third-order valence-electron chi connectivity index (χ3n) is 1.89. The van der Waals surface area contributed by atoms with Gasteiger partial charge in [-0.2, -0.15) is 0 Å². The van der Waals surface area contributed by atoms with Gasteiger partial charge in [0, 0.05) is 0 Å². The summed E-state index contributed by atoms with van der Waals surface area (Å²) in [4.78, 5) is 22.4. The van der Waals surface area contributed by atoms with Crippen LogP contribution in [0.3, 0.4) is 0 Å². The minimum absolute atomic E-state index is 0.0226. The second kappa shape index (κ2) is 4.64. The summed E-state index contributed by atoms with van der Waals surface area (Å²) in [6.07, 6.45) is 1.18. The second-order valence-corrected chi connectivity index (χ2v) is 2.74. The number of esters is 2. The maximum absolute atomic E-state index is 11.2. The second-order valence-electron chi connectivity index (χ2n) is 2.74. The fourth-order valence-electron chi connectivity index (χ4n) is 1.22. The summed E-state index contributed by atoms with van der Waals surface area (Å²) < 4.78 is 14.1. The lowest BCUT2D eigenvalue weighted by Crippen LogP contribution is -2.21. The van der Waals surface area contributed by atoms with Crippen molar-refractivity contribution in [2.24, 2.45) is 0 Å². The van der Waals surface area contributed by atoms with Gasteiger partial charge in [-0.15, -0.1) is 0 Å². The molecule has 0 fully saturated rings. The van der Waals surface area contributed by atoms with Gasteiger partial charge in [-0.3, -0.25) is 0 Å². The standard InChI is InChI=1S/C9H12O5/c1-12-8(10)6-4-3-5-14-7(6)9(11)13-2/h3-5H2,1-2H3. The molecular weight excluding hydrogens is 188 g/mol. The number of methoxy groups -OCH3 is 2. The van der Waals surface area contributed by atoms with Crippen LogP contribution in [-0.4, -0.2) is 32.8 Å². The number of ether oxygens (including phenoxy) is 3. The minimum atomic E-state index is -0.634. The van der Waals surface area contributed by atoms with Crippen molar-refractivity contribution in [3.8, 4) is 0 Å². The monoisotopic (exact) mass is 200 g/mol. The van der Waals surface area contributed by atoms with Crippen LogP contribution >= 0.6 is 0 Å². The lowest BCUT2D eigenvalue weighted by atomic mass is 10.1. The number of hydrogen-bond acceptors (Lipinski definition) is 5. The lowest BCUT2D eigenvalue weighted by molar-refractivity contribution is -0.143. The Bertz CT molecular complexity index is 251. The van der Waals surface area contributed by atoms with Crippen molar-refractivity contribution in [2.75, 3.05) is 20.8 Å². The Labute approximate surface area is 81.6 Å². The van der Waals surface area contributed by atoms with Gasteiger partial charge in [0.15, 0.2) is 0 Å². The summed E-state index contributed by atoms with van der Waals surface area (Å²) >= 11 is 0. The molecule has 0 aromatic rings. The van der Waals surface area contributed by atoms with E-state index in [0.29, 0.717) is 19.4 Å². The van der Waals surface area contributed by atoms with Gasteiger partial charge in [-0.1, -0.05) is 0 Å². The average Bonchev–Trinajstić information content (AvgIpc) is 2.27. The molecule has 1 rings (SSSR count). The van der Waals surface area contributed by atoms with E-state index in [0.717, 1.165) is 0 Å². The zero-order valence-electron chi connectivity index (χ0n) is 8.16. The van der Waals surface area contributed by atoms with Crippen LogP contribution in [0.4, 0.5) is 0 Å². The molecule has 0 atom stereocenters. The summed E-state index contributed by atoms with van der Waals surface area (Å²) in [6, 6.07) is 0. The predicted molar refractivity (Wildman–Crippen MR) is 46.2 cm³/mol. The molecule has 0 aromatic carbocycles. The van der Waals surface area contributed by atoms with E-state index in [1.54, 1.807) is 0 Å². The first-order chi connectivity index (χ1) is 6.70. The normalized spacial score (nSPS) is 15.9. The Morgan fingerprint density at radius 3 is 2.43 bits per heavy atom. The van der Waals surface area contributed by atoms with E-state index in [2.05, 4.69) is 9.47 Å². The van der Waals surface area contributed by atoms with E-state index >= 15 is 0 Å². The molecule has 0 saturated heterocycles. The molecule has 0 bridgehead atoms. The maximum atomic E-state index is 11.2. The van der Waals surface area contributed by atoms with Crippen LogP contribution in [0.5, 0.6) is 0 Å². The minimum Gasteiger partial charge on any atom is -0.486 e. The van der Waals surface area contributed by atoms with Crippen molar-refractivity contribution in [2.45, 2.75) is 12.8 Å². The molecule has 0 radical (unpaired) electrons. The first-order valence-corrected chi connectivity index (χ1v) is 4.23. The van der Waals surface area contributed by atoms with E-state index < -0.39 is 11.9 Å². The summed E-state index contributed by atoms with van der Waals surface area (Å²) in [5, 5.41) is 0. The SMILES string of the molecule is COC(=O)C1=C(C(=O)OC)OCCC1. The molecular formula is C9H12O5.